The van der Waals surface area contributed by atoms with E-state index in [4.69, 9.17) is 10.2 Å². The van der Waals surface area contributed by atoms with Crippen molar-refractivity contribution < 1.29 is 46.0 Å². The number of carboxylic acid groups (broad SMARTS) is 1. The first-order valence-electron chi connectivity index (χ1n) is 1.90. The minimum absolute atomic E-state index is 0. The van der Waals surface area contributed by atoms with Crippen molar-refractivity contribution in [2.75, 3.05) is 0 Å². The number of aliphatic hydroxyl groups is 1. The van der Waals surface area contributed by atoms with Gasteiger partial charge in [-0.3, -0.25) is 0 Å². The average molecular weight is 128 g/mol. The molecule has 0 fully saturated rings. The Hall–Kier alpha value is 0.430. The van der Waals surface area contributed by atoms with E-state index in [-0.39, 0.29) is 31.0 Å². The summed E-state index contributed by atoms with van der Waals surface area (Å²) in [6.07, 6.45) is 0. The Balaban J connectivity index is -0.000000180. The van der Waals surface area contributed by atoms with Gasteiger partial charge in [0.05, 0.1) is 0 Å². The van der Waals surface area contributed by atoms with Gasteiger partial charge in [0.1, 0.15) is 0 Å². The smallest absolute Gasteiger partial charge is 1.00 e. The molecular weight excluding hydrogens is 119 g/mol. The van der Waals surface area contributed by atoms with Crippen molar-refractivity contribution in [3.63, 3.8) is 0 Å². The normalized spacial score (nSPS) is 9.88. The second kappa shape index (κ2) is 3.45. The molecule has 0 rings (SSSR count). The molecule has 0 aliphatic heterocycles. The summed E-state index contributed by atoms with van der Waals surface area (Å²) in [5.74, 6) is -1.20. The summed E-state index contributed by atoms with van der Waals surface area (Å²) in [6, 6.07) is 0. The molecule has 0 spiro atoms. The van der Waals surface area contributed by atoms with E-state index in [1.165, 1.54) is 13.8 Å². The first-order chi connectivity index (χ1) is 2.94. The third-order valence-corrected chi connectivity index (χ3v) is 0.523. The SMILES string of the molecule is CC(C)(O)C(=O)O.[H-].[Na+]. The first kappa shape index (κ1) is 11.3. The molecule has 0 saturated heterocycles. The molecular formula is C4H9NaO3. The third kappa shape index (κ3) is 4.59. The van der Waals surface area contributed by atoms with Gasteiger partial charge < -0.3 is 11.6 Å². The second-order valence-electron chi connectivity index (χ2n) is 1.86. The molecule has 2 N–H and O–H groups in total. The van der Waals surface area contributed by atoms with Crippen LogP contribution in [0.2, 0.25) is 0 Å². The molecule has 44 valence electrons. The molecule has 0 atom stereocenters. The number of hydrogen-bond acceptors (Lipinski definition) is 2. The molecule has 0 aliphatic rings. The van der Waals surface area contributed by atoms with Crippen molar-refractivity contribution in [2.45, 2.75) is 19.4 Å². The number of aliphatic carboxylic acids is 1. The predicted octanol–water partition coefficient (Wildman–Crippen LogP) is -3.04. The summed E-state index contributed by atoms with van der Waals surface area (Å²) in [5, 5.41) is 16.5. The van der Waals surface area contributed by atoms with E-state index in [1.807, 2.05) is 0 Å². The molecule has 0 bridgehead atoms. The standard InChI is InChI=1S/C4H8O3.Na.H/c1-4(2,7)3(5)6;;/h7H,1-2H3,(H,5,6);;/q;+1;-1. The zero-order valence-corrected chi connectivity index (χ0v) is 7.30. The molecule has 0 unspecified atom stereocenters. The summed E-state index contributed by atoms with van der Waals surface area (Å²) in [5.41, 5.74) is -1.58. The maximum absolute atomic E-state index is 9.77. The van der Waals surface area contributed by atoms with Gasteiger partial charge in [-0.25, -0.2) is 4.79 Å². The molecule has 0 aromatic carbocycles. The van der Waals surface area contributed by atoms with E-state index in [9.17, 15) is 4.79 Å². The van der Waals surface area contributed by atoms with Crippen LogP contribution in [-0.4, -0.2) is 21.8 Å². The van der Waals surface area contributed by atoms with Crippen molar-refractivity contribution in [2.24, 2.45) is 0 Å². The van der Waals surface area contributed by atoms with Crippen molar-refractivity contribution in [1.29, 1.82) is 0 Å². The molecule has 0 aliphatic carbocycles. The van der Waals surface area contributed by atoms with Crippen molar-refractivity contribution in [3.05, 3.63) is 0 Å². The number of hydrogen-bond donors (Lipinski definition) is 2. The van der Waals surface area contributed by atoms with Crippen LogP contribution in [0.5, 0.6) is 0 Å². The Morgan fingerprint density at radius 2 is 1.75 bits per heavy atom. The fraction of sp³-hybridized carbons (Fsp3) is 0.750. The number of rotatable bonds is 1. The van der Waals surface area contributed by atoms with Crippen LogP contribution >= 0.6 is 0 Å². The van der Waals surface area contributed by atoms with E-state index in [0.29, 0.717) is 0 Å². The van der Waals surface area contributed by atoms with Crippen LogP contribution in [0.3, 0.4) is 0 Å². The molecule has 8 heavy (non-hydrogen) atoms. The van der Waals surface area contributed by atoms with E-state index in [2.05, 4.69) is 0 Å². The Labute approximate surface area is 71.5 Å². The quantitative estimate of drug-likeness (QED) is 0.369. The largest absolute Gasteiger partial charge is 1.00 e. The Kier molecular flexibility index (Phi) is 4.86. The molecule has 0 aromatic rings. The zero-order valence-electron chi connectivity index (χ0n) is 6.30. The first-order valence-corrected chi connectivity index (χ1v) is 1.90. The van der Waals surface area contributed by atoms with Gasteiger partial charge in [0.2, 0.25) is 0 Å². The van der Waals surface area contributed by atoms with E-state index in [1.54, 1.807) is 0 Å². The maximum atomic E-state index is 9.77. The van der Waals surface area contributed by atoms with Crippen LogP contribution in [-0.2, 0) is 4.79 Å². The Morgan fingerprint density at radius 3 is 1.75 bits per heavy atom. The third-order valence-electron chi connectivity index (χ3n) is 0.523. The summed E-state index contributed by atoms with van der Waals surface area (Å²) >= 11 is 0. The molecule has 4 heteroatoms. The summed E-state index contributed by atoms with van der Waals surface area (Å²) in [4.78, 5) is 9.77. The second-order valence-corrected chi connectivity index (χ2v) is 1.86. The molecule has 0 heterocycles. The van der Waals surface area contributed by atoms with Crippen LogP contribution in [0.25, 0.3) is 0 Å². The van der Waals surface area contributed by atoms with Crippen LogP contribution in [0, 0.1) is 0 Å². The summed E-state index contributed by atoms with van der Waals surface area (Å²) in [6.45, 7) is 2.44. The number of carbonyl (C=O) groups is 1. The van der Waals surface area contributed by atoms with Crippen LogP contribution in [0.1, 0.15) is 15.3 Å². The molecule has 0 saturated carbocycles. The van der Waals surface area contributed by atoms with E-state index >= 15 is 0 Å². The predicted molar refractivity (Wildman–Crippen MR) is 25.0 cm³/mol. The Morgan fingerprint density at radius 1 is 1.62 bits per heavy atom. The van der Waals surface area contributed by atoms with Crippen molar-refractivity contribution in [1.82, 2.24) is 0 Å². The molecule has 0 amide bonds. The van der Waals surface area contributed by atoms with Gasteiger partial charge in [-0.15, -0.1) is 0 Å². The van der Waals surface area contributed by atoms with Gasteiger partial charge in [0.25, 0.3) is 0 Å². The van der Waals surface area contributed by atoms with Gasteiger partial charge >= 0.3 is 35.5 Å². The van der Waals surface area contributed by atoms with Gasteiger partial charge in [-0.1, -0.05) is 0 Å². The summed E-state index contributed by atoms with van der Waals surface area (Å²) < 4.78 is 0. The minimum Gasteiger partial charge on any atom is -1.00 e. The average Bonchev–Trinajstić information content (AvgIpc) is 1.31. The van der Waals surface area contributed by atoms with Crippen LogP contribution in [0.15, 0.2) is 0 Å². The maximum Gasteiger partial charge on any atom is 1.00 e. The minimum atomic E-state index is -1.58. The van der Waals surface area contributed by atoms with Gasteiger partial charge in [0, 0.05) is 0 Å². The zero-order chi connectivity index (χ0) is 6.08. The van der Waals surface area contributed by atoms with Gasteiger partial charge in [-0.05, 0) is 13.8 Å². The monoisotopic (exact) mass is 128 g/mol. The fourth-order valence-electron chi connectivity index (χ4n) is 0. The van der Waals surface area contributed by atoms with E-state index < -0.39 is 11.6 Å². The summed E-state index contributed by atoms with van der Waals surface area (Å²) in [7, 11) is 0. The molecule has 3 nitrogen and oxygen atoms in total. The molecule has 0 radical (unpaired) electrons. The Bertz CT molecular complexity index is 88.3. The number of carboxylic acids is 1. The topological polar surface area (TPSA) is 57.5 Å². The van der Waals surface area contributed by atoms with Gasteiger partial charge in [0.15, 0.2) is 5.60 Å². The fourth-order valence-corrected chi connectivity index (χ4v) is 0. The van der Waals surface area contributed by atoms with Crippen LogP contribution in [0.4, 0.5) is 0 Å². The molecule has 0 aromatic heterocycles. The van der Waals surface area contributed by atoms with Crippen LogP contribution < -0.4 is 29.6 Å². The van der Waals surface area contributed by atoms with Crippen molar-refractivity contribution >= 4 is 5.97 Å². The van der Waals surface area contributed by atoms with Crippen molar-refractivity contribution in [3.8, 4) is 0 Å². The van der Waals surface area contributed by atoms with E-state index in [0.717, 1.165) is 0 Å². The van der Waals surface area contributed by atoms with Gasteiger partial charge in [-0.2, -0.15) is 0 Å².